The molecule has 0 aliphatic rings. The second-order valence-corrected chi connectivity index (χ2v) is 2.84. The Balaban J connectivity index is 2.54. The highest BCUT2D eigenvalue weighted by Gasteiger charge is 1.96. The lowest BCUT2D eigenvalue weighted by atomic mass is 10.3. The van der Waals surface area contributed by atoms with E-state index in [4.69, 9.17) is 10.5 Å². The summed E-state index contributed by atoms with van der Waals surface area (Å²) < 4.78 is 5.28. The highest BCUT2D eigenvalue weighted by molar-refractivity contribution is 5.88. The van der Waals surface area contributed by atoms with Crippen molar-refractivity contribution >= 4 is 11.6 Å². The van der Waals surface area contributed by atoms with Gasteiger partial charge in [0.15, 0.2) is 0 Å². The van der Waals surface area contributed by atoms with E-state index >= 15 is 0 Å². The summed E-state index contributed by atoms with van der Waals surface area (Å²) in [5, 5.41) is 2.67. The summed E-state index contributed by atoms with van der Waals surface area (Å²) in [5.74, 6) is 0.671. The lowest BCUT2D eigenvalue weighted by Gasteiger charge is -2.05. The predicted octanol–water partition coefficient (Wildman–Crippen LogP) is 0.982. The van der Waals surface area contributed by atoms with Gasteiger partial charge in [-0.3, -0.25) is 4.79 Å². The maximum absolute atomic E-state index is 10.7. The number of hydrogen-bond donors (Lipinski definition) is 2. The first-order chi connectivity index (χ1) is 6.72. The number of anilines is 1. The van der Waals surface area contributed by atoms with Crippen LogP contribution in [-0.4, -0.2) is 19.1 Å². The molecule has 0 aromatic heterocycles. The van der Waals surface area contributed by atoms with E-state index in [0.717, 1.165) is 11.4 Å². The van der Waals surface area contributed by atoms with Crippen molar-refractivity contribution in [2.24, 2.45) is 5.73 Å². The Morgan fingerprint density at radius 1 is 1.43 bits per heavy atom. The van der Waals surface area contributed by atoms with E-state index < -0.39 is 0 Å². The maximum atomic E-state index is 10.7. The van der Waals surface area contributed by atoms with Gasteiger partial charge < -0.3 is 15.8 Å². The molecule has 0 unspecified atom stereocenters. The number of amides is 1. The smallest absolute Gasteiger partial charge is 0.221 e. The van der Waals surface area contributed by atoms with E-state index in [1.807, 2.05) is 0 Å². The van der Waals surface area contributed by atoms with Gasteiger partial charge in [0.2, 0.25) is 5.91 Å². The summed E-state index contributed by atoms with van der Waals surface area (Å²) in [6.07, 6.45) is 0. The molecule has 0 spiro atoms. The maximum Gasteiger partial charge on any atom is 0.221 e. The molecule has 4 nitrogen and oxygen atoms in total. The molecule has 3 N–H and O–H groups in total. The molecule has 14 heavy (non-hydrogen) atoms. The molecule has 1 aromatic rings. The van der Waals surface area contributed by atoms with Crippen LogP contribution < -0.4 is 15.8 Å². The molecule has 0 heterocycles. The molecule has 76 valence electrons. The number of rotatable bonds is 4. The number of nitrogens with two attached hydrogens (primary N) is 1. The summed E-state index contributed by atoms with van der Waals surface area (Å²) in [5.41, 5.74) is 6.05. The van der Waals surface area contributed by atoms with Crippen molar-refractivity contribution in [3.05, 3.63) is 24.3 Å². The van der Waals surface area contributed by atoms with Crippen molar-refractivity contribution in [3.63, 3.8) is 0 Å². The van der Waals surface area contributed by atoms with Crippen LogP contribution in [0.5, 0.6) is 5.75 Å². The molecule has 0 aliphatic heterocycles. The van der Waals surface area contributed by atoms with E-state index in [2.05, 4.69) is 5.32 Å². The van der Waals surface area contributed by atoms with Crippen LogP contribution in [0.3, 0.4) is 0 Å². The van der Waals surface area contributed by atoms with Gasteiger partial charge >= 0.3 is 0 Å². The zero-order chi connectivity index (χ0) is 10.4. The highest BCUT2D eigenvalue weighted by Crippen LogP contribution is 2.15. The molecule has 1 amide bonds. The fourth-order valence-corrected chi connectivity index (χ4v) is 1.01. The molecular formula is C10H14N2O2. The van der Waals surface area contributed by atoms with Crippen LogP contribution in [-0.2, 0) is 4.79 Å². The standard InChI is InChI=1S/C10H14N2O2/c1-8(13)12-9-2-4-10(5-3-9)14-7-6-11/h2-5H,6-7,11H2,1H3,(H,12,13). The Kier molecular flexibility index (Phi) is 3.94. The van der Waals surface area contributed by atoms with E-state index in [9.17, 15) is 4.79 Å². The zero-order valence-corrected chi connectivity index (χ0v) is 8.12. The van der Waals surface area contributed by atoms with Crippen LogP contribution in [0.15, 0.2) is 24.3 Å². The van der Waals surface area contributed by atoms with Crippen molar-refractivity contribution in [2.45, 2.75) is 6.92 Å². The van der Waals surface area contributed by atoms with Gasteiger partial charge in [0.25, 0.3) is 0 Å². The monoisotopic (exact) mass is 194 g/mol. The van der Waals surface area contributed by atoms with Gasteiger partial charge in [-0.15, -0.1) is 0 Å². The van der Waals surface area contributed by atoms with Gasteiger partial charge in [-0.2, -0.15) is 0 Å². The van der Waals surface area contributed by atoms with Gasteiger partial charge in [0.05, 0.1) is 0 Å². The first-order valence-corrected chi connectivity index (χ1v) is 4.43. The molecule has 1 aromatic carbocycles. The van der Waals surface area contributed by atoms with Gasteiger partial charge in [-0.05, 0) is 24.3 Å². The van der Waals surface area contributed by atoms with E-state index in [0.29, 0.717) is 13.2 Å². The van der Waals surface area contributed by atoms with Crippen LogP contribution in [0.2, 0.25) is 0 Å². The number of carbonyl (C=O) groups excluding carboxylic acids is 1. The second kappa shape index (κ2) is 5.24. The molecule has 4 heteroatoms. The van der Waals surface area contributed by atoms with Crippen molar-refractivity contribution < 1.29 is 9.53 Å². The SMILES string of the molecule is CC(=O)Nc1ccc(OCCN)cc1. The van der Waals surface area contributed by atoms with Gasteiger partial charge in [0, 0.05) is 19.2 Å². The quantitative estimate of drug-likeness (QED) is 0.751. The van der Waals surface area contributed by atoms with Crippen molar-refractivity contribution in [1.29, 1.82) is 0 Å². The minimum Gasteiger partial charge on any atom is -0.492 e. The molecular weight excluding hydrogens is 180 g/mol. The third-order valence-electron chi connectivity index (χ3n) is 1.56. The van der Waals surface area contributed by atoms with Crippen LogP contribution >= 0.6 is 0 Å². The summed E-state index contributed by atoms with van der Waals surface area (Å²) in [6, 6.07) is 7.16. The number of nitrogens with one attached hydrogen (secondary N) is 1. The fourth-order valence-electron chi connectivity index (χ4n) is 1.01. The van der Waals surface area contributed by atoms with Gasteiger partial charge in [0.1, 0.15) is 12.4 Å². The minimum absolute atomic E-state index is 0.0828. The third-order valence-corrected chi connectivity index (χ3v) is 1.56. The molecule has 0 atom stereocenters. The minimum atomic E-state index is -0.0828. The first-order valence-electron chi connectivity index (χ1n) is 4.43. The van der Waals surface area contributed by atoms with Crippen LogP contribution in [0.25, 0.3) is 0 Å². The first kappa shape index (κ1) is 10.5. The summed E-state index contributed by atoms with van der Waals surface area (Å²) >= 11 is 0. The molecule has 0 aliphatic carbocycles. The van der Waals surface area contributed by atoms with E-state index in [-0.39, 0.29) is 5.91 Å². The van der Waals surface area contributed by atoms with Crippen LogP contribution in [0.4, 0.5) is 5.69 Å². The predicted molar refractivity (Wildman–Crippen MR) is 55.3 cm³/mol. The summed E-state index contributed by atoms with van der Waals surface area (Å²) in [4.78, 5) is 10.7. The van der Waals surface area contributed by atoms with Crippen LogP contribution in [0, 0.1) is 0 Å². The Labute approximate surface area is 83.1 Å². The normalized spacial score (nSPS) is 9.57. The van der Waals surface area contributed by atoms with E-state index in [1.165, 1.54) is 6.92 Å². The second-order valence-electron chi connectivity index (χ2n) is 2.84. The van der Waals surface area contributed by atoms with E-state index in [1.54, 1.807) is 24.3 Å². The molecule has 1 rings (SSSR count). The largest absolute Gasteiger partial charge is 0.492 e. The molecule has 0 saturated carbocycles. The van der Waals surface area contributed by atoms with Crippen molar-refractivity contribution in [3.8, 4) is 5.75 Å². The molecule has 0 radical (unpaired) electrons. The van der Waals surface area contributed by atoms with Crippen molar-refractivity contribution in [2.75, 3.05) is 18.5 Å². The zero-order valence-electron chi connectivity index (χ0n) is 8.12. The summed E-state index contributed by atoms with van der Waals surface area (Å²) in [6.45, 7) is 2.46. The highest BCUT2D eigenvalue weighted by atomic mass is 16.5. The molecule has 0 bridgehead atoms. The Bertz CT molecular complexity index is 295. The summed E-state index contributed by atoms with van der Waals surface area (Å²) in [7, 11) is 0. The average molecular weight is 194 g/mol. The molecule has 0 fully saturated rings. The average Bonchev–Trinajstić information content (AvgIpc) is 2.16. The topological polar surface area (TPSA) is 64.3 Å². The van der Waals surface area contributed by atoms with Crippen LogP contribution in [0.1, 0.15) is 6.92 Å². The fraction of sp³-hybridized carbons (Fsp3) is 0.300. The molecule has 0 saturated heterocycles. The van der Waals surface area contributed by atoms with Gasteiger partial charge in [-0.25, -0.2) is 0 Å². The number of ether oxygens (including phenoxy) is 1. The Hall–Kier alpha value is -1.55. The number of carbonyl (C=O) groups is 1. The lowest BCUT2D eigenvalue weighted by Crippen LogP contribution is -2.10. The Morgan fingerprint density at radius 2 is 2.07 bits per heavy atom. The van der Waals surface area contributed by atoms with Gasteiger partial charge in [-0.1, -0.05) is 0 Å². The number of hydrogen-bond acceptors (Lipinski definition) is 3. The Morgan fingerprint density at radius 3 is 2.57 bits per heavy atom. The van der Waals surface area contributed by atoms with Crippen molar-refractivity contribution in [1.82, 2.24) is 0 Å². The number of benzene rings is 1. The third kappa shape index (κ3) is 3.45. The lowest BCUT2D eigenvalue weighted by molar-refractivity contribution is -0.114.